The van der Waals surface area contributed by atoms with Gasteiger partial charge in [-0.15, -0.1) is 0 Å². The fourth-order valence-corrected chi connectivity index (χ4v) is 5.55. The molecule has 0 unspecified atom stereocenters. The maximum Gasteiger partial charge on any atom is 0.153 e. The fourth-order valence-electron chi connectivity index (χ4n) is 5.17. The van der Waals surface area contributed by atoms with Crippen molar-refractivity contribution in [2.75, 3.05) is 23.7 Å². The largest absolute Gasteiger partial charge is 0.390 e. The molecule has 0 amide bonds. The Morgan fingerprint density at radius 2 is 1.72 bits per heavy atom. The highest BCUT2D eigenvalue weighted by Gasteiger charge is 2.40. The lowest BCUT2D eigenvalue weighted by molar-refractivity contribution is 0.231. The van der Waals surface area contributed by atoms with Crippen molar-refractivity contribution in [3.63, 3.8) is 0 Å². The van der Waals surface area contributed by atoms with Crippen LogP contribution in [0.2, 0.25) is 10.2 Å². The zero-order valence-corrected chi connectivity index (χ0v) is 19.4. The number of piperidine rings is 1. The zero-order valence-electron chi connectivity index (χ0n) is 17.9. The molecule has 0 saturated carbocycles. The van der Waals surface area contributed by atoms with Crippen LogP contribution in [0.15, 0.2) is 30.3 Å². The molecular weight excluding hydrogens is 445 g/mol. The van der Waals surface area contributed by atoms with Gasteiger partial charge < -0.3 is 15.7 Å². The Kier molecular flexibility index (Phi) is 5.48. The smallest absolute Gasteiger partial charge is 0.153 e. The second-order valence-electron chi connectivity index (χ2n) is 8.89. The van der Waals surface area contributed by atoms with Gasteiger partial charge in [0.25, 0.3) is 0 Å². The minimum atomic E-state index is -0.214. The van der Waals surface area contributed by atoms with Gasteiger partial charge in [0, 0.05) is 18.7 Å². The van der Waals surface area contributed by atoms with Crippen molar-refractivity contribution in [1.29, 1.82) is 0 Å². The number of aliphatic hydroxyl groups excluding tert-OH is 1. The minimum absolute atomic E-state index is 0.122. The van der Waals surface area contributed by atoms with E-state index in [1.807, 2.05) is 6.92 Å². The number of fused-ring (bicyclic) bond motifs is 1. The summed E-state index contributed by atoms with van der Waals surface area (Å²) in [5.74, 6) is 0.993. The van der Waals surface area contributed by atoms with E-state index >= 15 is 0 Å². The van der Waals surface area contributed by atoms with Crippen LogP contribution in [0.4, 0.5) is 11.6 Å². The van der Waals surface area contributed by atoms with E-state index in [1.165, 1.54) is 11.1 Å². The Morgan fingerprint density at radius 1 is 1.06 bits per heavy atom. The first-order valence-corrected chi connectivity index (χ1v) is 11.6. The quantitative estimate of drug-likeness (QED) is 0.544. The number of aliphatic hydroxyl groups is 1. The molecule has 2 aromatic heterocycles. The molecule has 1 fully saturated rings. The summed E-state index contributed by atoms with van der Waals surface area (Å²) < 4.78 is 0. The molecule has 0 atom stereocenters. The van der Waals surface area contributed by atoms with Crippen molar-refractivity contribution in [3.8, 4) is 11.3 Å². The molecule has 6 nitrogen and oxygen atoms in total. The molecule has 3 N–H and O–H groups in total. The predicted molar refractivity (Wildman–Crippen MR) is 128 cm³/mol. The molecule has 1 spiro atoms. The van der Waals surface area contributed by atoms with E-state index in [0.29, 0.717) is 28.1 Å². The summed E-state index contributed by atoms with van der Waals surface area (Å²) in [6.45, 7) is 3.45. The first kappa shape index (κ1) is 21.4. The molecule has 166 valence electrons. The maximum atomic E-state index is 10.1. The highest BCUT2D eigenvalue weighted by Crippen LogP contribution is 2.45. The van der Waals surface area contributed by atoms with Gasteiger partial charge in [0.1, 0.15) is 11.5 Å². The molecule has 0 bridgehead atoms. The molecular formula is C24H25Cl2N5O. The van der Waals surface area contributed by atoms with Crippen molar-refractivity contribution in [2.24, 2.45) is 5.41 Å². The molecule has 32 heavy (non-hydrogen) atoms. The summed E-state index contributed by atoms with van der Waals surface area (Å²) in [7, 11) is 0. The van der Waals surface area contributed by atoms with Crippen molar-refractivity contribution in [2.45, 2.75) is 39.2 Å². The number of hydrogen-bond acceptors (Lipinski definition) is 6. The van der Waals surface area contributed by atoms with E-state index in [2.05, 4.69) is 34.1 Å². The van der Waals surface area contributed by atoms with Crippen LogP contribution in [-0.2, 0) is 19.4 Å². The lowest BCUT2D eigenvalue weighted by Crippen LogP contribution is -2.41. The lowest BCUT2D eigenvalue weighted by atomic mass is 9.76. The third-order valence-corrected chi connectivity index (χ3v) is 7.59. The van der Waals surface area contributed by atoms with Gasteiger partial charge >= 0.3 is 0 Å². The molecule has 1 saturated heterocycles. The van der Waals surface area contributed by atoms with Crippen LogP contribution in [-0.4, -0.2) is 33.1 Å². The molecule has 0 radical (unpaired) electrons. The normalized spacial score (nSPS) is 17.1. The van der Waals surface area contributed by atoms with Gasteiger partial charge in [0.2, 0.25) is 0 Å². The molecule has 3 aromatic rings. The van der Waals surface area contributed by atoms with Crippen LogP contribution in [0.25, 0.3) is 11.3 Å². The number of halogens is 2. The number of rotatable bonds is 3. The van der Waals surface area contributed by atoms with Gasteiger partial charge in [-0.3, -0.25) is 0 Å². The average molecular weight is 470 g/mol. The van der Waals surface area contributed by atoms with Gasteiger partial charge in [-0.25, -0.2) is 15.0 Å². The Morgan fingerprint density at radius 3 is 2.34 bits per heavy atom. The summed E-state index contributed by atoms with van der Waals surface area (Å²) in [6, 6.07) is 10.4. The van der Waals surface area contributed by atoms with Gasteiger partial charge in [0.05, 0.1) is 23.0 Å². The highest BCUT2D eigenvalue weighted by atomic mass is 35.5. The van der Waals surface area contributed by atoms with E-state index in [4.69, 9.17) is 38.9 Å². The molecule has 8 heteroatoms. The molecule has 1 aliphatic heterocycles. The van der Waals surface area contributed by atoms with Crippen LogP contribution >= 0.6 is 23.2 Å². The van der Waals surface area contributed by atoms with E-state index in [1.54, 1.807) is 6.07 Å². The number of hydrogen-bond donors (Lipinski definition) is 2. The van der Waals surface area contributed by atoms with E-state index in [0.717, 1.165) is 44.6 Å². The van der Waals surface area contributed by atoms with E-state index in [-0.39, 0.29) is 22.6 Å². The molecule has 1 aromatic carbocycles. The summed E-state index contributed by atoms with van der Waals surface area (Å²) >= 11 is 12.5. The standard InChI is InChI=1S/C24H25Cl2N5O/c1-14-21(17-10-19(27)30-22(26)20(17)25)29-18(13-32)23(28-14)31-8-6-24(7-9-31)11-15-4-2-3-5-16(15)12-24/h2-5,10,32H,6-9,11-13H2,1H3,(H2,27,30). The topological polar surface area (TPSA) is 88.2 Å². The Labute approximate surface area is 197 Å². The molecule has 3 heterocycles. The lowest BCUT2D eigenvalue weighted by Gasteiger charge is -2.40. The number of anilines is 2. The van der Waals surface area contributed by atoms with Gasteiger partial charge in [-0.2, -0.15) is 0 Å². The third kappa shape index (κ3) is 3.70. The number of aryl methyl sites for hydroxylation is 1. The first-order valence-electron chi connectivity index (χ1n) is 10.8. The summed E-state index contributed by atoms with van der Waals surface area (Å²) in [5.41, 5.74) is 11.5. The van der Waals surface area contributed by atoms with Crippen molar-refractivity contribution < 1.29 is 5.11 Å². The number of nitrogen functional groups attached to an aromatic ring is 1. The monoisotopic (exact) mass is 469 g/mol. The molecule has 1 aliphatic carbocycles. The minimum Gasteiger partial charge on any atom is -0.390 e. The Hall–Kier alpha value is -2.41. The van der Waals surface area contributed by atoms with Gasteiger partial charge in [-0.1, -0.05) is 47.5 Å². The van der Waals surface area contributed by atoms with E-state index in [9.17, 15) is 5.11 Å². The fraction of sp³-hybridized carbons (Fsp3) is 0.375. The van der Waals surface area contributed by atoms with Gasteiger partial charge in [-0.05, 0) is 55.2 Å². The Bertz CT molecular complexity index is 1160. The highest BCUT2D eigenvalue weighted by molar-refractivity contribution is 6.43. The van der Waals surface area contributed by atoms with Crippen LogP contribution in [0.1, 0.15) is 35.4 Å². The van der Waals surface area contributed by atoms with Crippen LogP contribution in [0.3, 0.4) is 0 Å². The number of benzene rings is 1. The number of pyridine rings is 1. The predicted octanol–water partition coefficient (Wildman–Crippen LogP) is 4.61. The van der Waals surface area contributed by atoms with E-state index < -0.39 is 0 Å². The third-order valence-electron chi connectivity index (χ3n) is 6.84. The van der Waals surface area contributed by atoms with Crippen molar-refractivity contribution in [3.05, 3.63) is 63.0 Å². The number of nitrogens with two attached hydrogens (primary N) is 1. The second-order valence-corrected chi connectivity index (χ2v) is 9.63. The summed E-state index contributed by atoms with van der Waals surface area (Å²) in [6.07, 6.45) is 4.49. The summed E-state index contributed by atoms with van der Waals surface area (Å²) in [5, 5.41) is 10.5. The number of nitrogens with zero attached hydrogens (tertiary/aromatic N) is 4. The molecule has 5 rings (SSSR count). The number of aromatic nitrogens is 3. The summed E-state index contributed by atoms with van der Waals surface area (Å²) in [4.78, 5) is 15.8. The van der Waals surface area contributed by atoms with Crippen LogP contribution < -0.4 is 10.6 Å². The van der Waals surface area contributed by atoms with Gasteiger partial charge in [0.15, 0.2) is 11.0 Å². The Balaban J connectivity index is 1.42. The first-order chi connectivity index (χ1) is 15.4. The van der Waals surface area contributed by atoms with Crippen LogP contribution in [0, 0.1) is 12.3 Å². The van der Waals surface area contributed by atoms with Crippen molar-refractivity contribution >= 4 is 34.8 Å². The second kappa shape index (κ2) is 8.18. The zero-order chi connectivity index (χ0) is 22.5. The average Bonchev–Trinajstić information content (AvgIpc) is 3.14. The maximum absolute atomic E-state index is 10.1. The SMILES string of the molecule is Cc1nc(N2CCC3(CC2)Cc2ccccc2C3)c(CO)nc1-c1cc(N)nc(Cl)c1Cl. The van der Waals surface area contributed by atoms with Crippen molar-refractivity contribution in [1.82, 2.24) is 15.0 Å². The van der Waals surface area contributed by atoms with Crippen LogP contribution in [0.5, 0.6) is 0 Å². The molecule has 2 aliphatic rings.